The van der Waals surface area contributed by atoms with Crippen LogP contribution in [0.15, 0.2) is 54.6 Å². The van der Waals surface area contributed by atoms with Gasteiger partial charge in [0.05, 0.1) is 6.04 Å². The number of hydrogen-bond acceptors (Lipinski definition) is 2. The highest BCUT2D eigenvalue weighted by Crippen LogP contribution is 2.23. The van der Waals surface area contributed by atoms with Gasteiger partial charge in [-0.3, -0.25) is 0 Å². The van der Waals surface area contributed by atoms with Gasteiger partial charge in [-0.05, 0) is 31.7 Å². The third-order valence-electron chi connectivity index (χ3n) is 3.09. The van der Waals surface area contributed by atoms with Gasteiger partial charge in [0.15, 0.2) is 11.6 Å². The first-order valence-corrected chi connectivity index (χ1v) is 6.35. The molecule has 100 valence electrons. The topological polar surface area (TPSA) is 21.3 Å². The number of halogens is 1. The number of ether oxygens (including phenoxy) is 1. The summed E-state index contributed by atoms with van der Waals surface area (Å²) < 4.78 is 19.3. The van der Waals surface area contributed by atoms with E-state index in [0.717, 1.165) is 5.56 Å². The molecule has 0 aliphatic heterocycles. The van der Waals surface area contributed by atoms with E-state index in [1.54, 1.807) is 18.2 Å². The summed E-state index contributed by atoms with van der Waals surface area (Å²) in [5.74, 6) is -0.0524. The van der Waals surface area contributed by atoms with E-state index in [1.807, 2.05) is 44.3 Å². The quantitative estimate of drug-likeness (QED) is 0.886. The van der Waals surface area contributed by atoms with Gasteiger partial charge >= 0.3 is 0 Å². The molecule has 0 aromatic heterocycles. The molecule has 0 heterocycles. The van der Waals surface area contributed by atoms with Gasteiger partial charge in [-0.15, -0.1) is 0 Å². The second kappa shape index (κ2) is 6.34. The maximum absolute atomic E-state index is 13.6. The third kappa shape index (κ3) is 3.32. The molecule has 0 radical (unpaired) electrons. The van der Waals surface area contributed by atoms with Gasteiger partial charge in [0.25, 0.3) is 0 Å². The number of rotatable bonds is 5. The smallest absolute Gasteiger partial charge is 0.165 e. The van der Waals surface area contributed by atoms with E-state index in [9.17, 15) is 4.39 Å². The minimum Gasteiger partial charge on any atom is -0.486 e. The summed E-state index contributed by atoms with van der Waals surface area (Å²) in [6.07, 6.45) is -0.177. The van der Waals surface area contributed by atoms with Crippen LogP contribution >= 0.6 is 0 Å². The zero-order valence-electron chi connectivity index (χ0n) is 11.1. The zero-order valence-corrected chi connectivity index (χ0v) is 11.1. The van der Waals surface area contributed by atoms with Crippen LogP contribution in [0.25, 0.3) is 0 Å². The van der Waals surface area contributed by atoms with Crippen molar-refractivity contribution < 1.29 is 9.13 Å². The Morgan fingerprint density at radius 3 is 2.26 bits per heavy atom. The van der Waals surface area contributed by atoms with Gasteiger partial charge in [-0.2, -0.15) is 0 Å². The van der Waals surface area contributed by atoms with Crippen molar-refractivity contribution in [1.29, 1.82) is 0 Å². The van der Waals surface area contributed by atoms with Gasteiger partial charge in [0.1, 0.15) is 6.10 Å². The SMILES string of the molecule is CNC(c1ccccc1)C(C)Oc1ccccc1F. The van der Waals surface area contributed by atoms with Crippen LogP contribution in [0.5, 0.6) is 5.75 Å². The van der Waals surface area contributed by atoms with Crippen LogP contribution in [0, 0.1) is 5.82 Å². The van der Waals surface area contributed by atoms with E-state index >= 15 is 0 Å². The van der Waals surface area contributed by atoms with E-state index in [4.69, 9.17) is 4.74 Å². The van der Waals surface area contributed by atoms with E-state index in [2.05, 4.69) is 5.32 Å². The van der Waals surface area contributed by atoms with Crippen LogP contribution in [0.1, 0.15) is 18.5 Å². The fraction of sp³-hybridized carbons (Fsp3) is 0.250. The van der Waals surface area contributed by atoms with Crippen molar-refractivity contribution in [1.82, 2.24) is 5.32 Å². The van der Waals surface area contributed by atoms with Crippen LogP contribution in [-0.4, -0.2) is 13.2 Å². The summed E-state index contributed by atoms with van der Waals surface area (Å²) in [6, 6.07) is 16.5. The van der Waals surface area contributed by atoms with Gasteiger partial charge in [-0.25, -0.2) is 4.39 Å². The fourth-order valence-electron chi connectivity index (χ4n) is 2.14. The van der Waals surface area contributed by atoms with E-state index in [0.29, 0.717) is 0 Å². The first-order valence-electron chi connectivity index (χ1n) is 6.35. The van der Waals surface area contributed by atoms with Gasteiger partial charge < -0.3 is 10.1 Å². The fourth-order valence-corrected chi connectivity index (χ4v) is 2.14. The summed E-state index contributed by atoms with van der Waals surface area (Å²) in [7, 11) is 1.87. The predicted molar refractivity (Wildman–Crippen MR) is 74.7 cm³/mol. The third-order valence-corrected chi connectivity index (χ3v) is 3.09. The molecule has 2 aromatic rings. The molecule has 2 atom stereocenters. The molecule has 2 nitrogen and oxygen atoms in total. The number of nitrogens with one attached hydrogen (secondary N) is 1. The molecule has 0 fully saturated rings. The first kappa shape index (κ1) is 13.6. The molecule has 0 saturated heterocycles. The molecule has 2 rings (SSSR count). The standard InChI is InChI=1S/C16H18FNO/c1-12(19-15-11-7-6-10-14(15)17)16(18-2)13-8-4-3-5-9-13/h3-12,16,18H,1-2H3. The van der Waals surface area contributed by atoms with Crippen molar-refractivity contribution in [2.24, 2.45) is 0 Å². The molecule has 3 heteroatoms. The van der Waals surface area contributed by atoms with Crippen LogP contribution < -0.4 is 10.1 Å². The lowest BCUT2D eigenvalue weighted by molar-refractivity contribution is 0.168. The second-order valence-electron chi connectivity index (χ2n) is 4.43. The second-order valence-corrected chi connectivity index (χ2v) is 4.43. The lowest BCUT2D eigenvalue weighted by Gasteiger charge is -2.25. The Hall–Kier alpha value is -1.87. The molecular formula is C16H18FNO. The highest BCUT2D eigenvalue weighted by Gasteiger charge is 2.19. The van der Waals surface area contributed by atoms with Crippen molar-refractivity contribution in [3.05, 3.63) is 66.0 Å². The summed E-state index contributed by atoms with van der Waals surface area (Å²) in [4.78, 5) is 0. The average molecular weight is 259 g/mol. The molecule has 19 heavy (non-hydrogen) atoms. The molecule has 0 bridgehead atoms. The van der Waals surface area contributed by atoms with Crippen molar-refractivity contribution in [3.8, 4) is 5.75 Å². The Kier molecular flexibility index (Phi) is 4.53. The largest absolute Gasteiger partial charge is 0.486 e. The summed E-state index contributed by atoms with van der Waals surface area (Å²) in [6.45, 7) is 1.93. The highest BCUT2D eigenvalue weighted by molar-refractivity contribution is 5.25. The predicted octanol–water partition coefficient (Wildman–Crippen LogP) is 3.55. The molecule has 0 spiro atoms. The number of likely N-dealkylation sites (N-methyl/N-ethyl adjacent to an activating group) is 1. The minimum absolute atomic E-state index is 0.0146. The van der Waals surface area contributed by atoms with Crippen LogP contribution in [0.3, 0.4) is 0 Å². The van der Waals surface area contributed by atoms with E-state index in [-0.39, 0.29) is 23.7 Å². The Labute approximate surface area is 113 Å². The van der Waals surface area contributed by atoms with E-state index < -0.39 is 0 Å². The first-order chi connectivity index (χ1) is 9.22. The van der Waals surface area contributed by atoms with Crippen molar-refractivity contribution >= 4 is 0 Å². The highest BCUT2D eigenvalue weighted by atomic mass is 19.1. The number of para-hydroxylation sites is 1. The number of hydrogen-bond donors (Lipinski definition) is 1. The molecule has 2 aromatic carbocycles. The lowest BCUT2D eigenvalue weighted by atomic mass is 10.0. The minimum atomic E-state index is -0.336. The maximum atomic E-state index is 13.6. The number of benzene rings is 2. The van der Waals surface area contributed by atoms with Gasteiger partial charge in [-0.1, -0.05) is 42.5 Å². The molecule has 0 aliphatic rings. The van der Waals surface area contributed by atoms with Crippen molar-refractivity contribution in [2.75, 3.05) is 7.05 Å². The normalized spacial score (nSPS) is 13.8. The van der Waals surface area contributed by atoms with Crippen molar-refractivity contribution in [2.45, 2.75) is 19.1 Å². The van der Waals surface area contributed by atoms with Gasteiger partial charge in [0, 0.05) is 0 Å². The molecular weight excluding hydrogens is 241 g/mol. The Morgan fingerprint density at radius 1 is 1.00 bits per heavy atom. The Bertz CT molecular complexity index is 515. The van der Waals surface area contributed by atoms with Crippen molar-refractivity contribution in [3.63, 3.8) is 0 Å². The Balaban J connectivity index is 2.14. The lowest BCUT2D eigenvalue weighted by Crippen LogP contribution is -2.31. The molecule has 0 saturated carbocycles. The Morgan fingerprint density at radius 2 is 1.63 bits per heavy atom. The van der Waals surface area contributed by atoms with Gasteiger partial charge in [0.2, 0.25) is 0 Å². The molecule has 0 aliphatic carbocycles. The molecule has 0 amide bonds. The van der Waals surface area contributed by atoms with Crippen LogP contribution in [0.2, 0.25) is 0 Å². The molecule has 2 unspecified atom stereocenters. The monoisotopic (exact) mass is 259 g/mol. The summed E-state index contributed by atoms with van der Waals surface area (Å²) >= 11 is 0. The summed E-state index contributed by atoms with van der Waals surface area (Å²) in [5.41, 5.74) is 1.12. The van der Waals surface area contributed by atoms with Crippen LogP contribution in [0.4, 0.5) is 4.39 Å². The zero-order chi connectivity index (χ0) is 13.7. The average Bonchev–Trinajstić information content (AvgIpc) is 2.43. The molecule has 1 N–H and O–H groups in total. The van der Waals surface area contributed by atoms with E-state index in [1.165, 1.54) is 6.07 Å². The van der Waals surface area contributed by atoms with Crippen LogP contribution in [-0.2, 0) is 0 Å². The summed E-state index contributed by atoms with van der Waals surface area (Å²) in [5, 5.41) is 3.21. The maximum Gasteiger partial charge on any atom is 0.165 e.